The molecule has 0 saturated carbocycles. The van der Waals surface area contributed by atoms with Crippen molar-refractivity contribution in [3.05, 3.63) is 57.8 Å². The average Bonchev–Trinajstić information content (AvgIpc) is 2.83. The van der Waals surface area contributed by atoms with Gasteiger partial charge >= 0.3 is 5.97 Å². The molecule has 2 aromatic rings. The van der Waals surface area contributed by atoms with E-state index in [4.69, 9.17) is 5.11 Å². The first kappa shape index (κ1) is 13.8. The van der Waals surface area contributed by atoms with Gasteiger partial charge in [-0.3, -0.25) is 4.79 Å². The highest BCUT2D eigenvalue weighted by Gasteiger charge is 2.04. The second-order valence-corrected chi connectivity index (χ2v) is 5.60. The van der Waals surface area contributed by atoms with E-state index < -0.39 is 5.97 Å². The van der Waals surface area contributed by atoms with Gasteiger partial charge in [-0.15, -0.1) is 11.3 Å². The zero-order valence-corrected chi connectivity index (χ0v) is 11.5. The Labute approximate surface area is 116 Å². The first-order valence-corrected chi connectivity index (χ1v) is 7.10. The second kappa shape index (κ2) is 7.07. The van der Waals surface area contributed by atoms with Crippen molar-refractivity contribution >= 4 is 17.3 Å². The van der Waals surface area contributed by atoms with E-state index in [0.29, 0.717) is 0 Å². The number of rotatable bonds is 7. The minimum Gasteiger partial charge on any atom is -0.481 e. The fourth-order valence-electron chi connectivity index (χ4n) is 1.85. The maximum Gasteiger partial charge on any atom is 0.308 e. The lowest BCUT2D eigenvalue weighted by Crippen LogP contribution is -2.15. The predicted octanol–water partition coefficient (Wildman–Crippen LogP) is 2.71. The molecule has 4 heteroatoms. The summed E-state index contributed by atoms with van der Waals surface area (Å²) in [5.74, 6) is -0.773. The van der Waals surface area contributed by atoms with Crippen molar-refractivity contribution in [3.63, 3.8) is 0 Å². The van der Waals surface area contributed by atoms with Crippen LogP contribution in [-0.4, -0.2) is 17.6 Å². The van der Waals surface area contributed by atoms with E-state index in [9.17, 15) is 4.79 Å². The van der Waals surface area contributed by atoms with Crippen molar-refractivity contribution in [1.29, 1.82) is 0 Å². The maximum absolute atomic E-state index is 10.6. The van der Waals surface area contributed by atoms with Crippen LogP contribution in [0.5, 0.6) is 0 Å². The van der Waals surface area contributed by atoms with Crippen LogP contribution in [0.1, 0.15) is 15.3 Å². The summed E-state index contributed by atoms with van der Waals surface area (Å²) in [5.41, 5.74) is 1.33. The summed E-state index contributed by atoms with van der Waals surface area (Å²) < 4.78 is 0. The van der Waals surface area contributed by atoms with Crippen LogP contribution in [-0.2, 0) is 24.2 Å². The monoisotopic (exact) mass is 275 g/mol. The molecule has 19 heavy (non-hydrogen) atoms. The van der Waals surface area contributed by atoms with Crippen molar-refractivity contribution in [3.8, 4) is 0 Å². The first-order chi connectivity index (χ1) is 9.24. The van der Waals surface area contributed by atoms with Gasteiger partial charge in [0.2, 0.25) is 0 Å². The lowest BCUT2D eigenvalue weighted by molar-refractivity contribution is -0.136. The quantitative estimate of drug-likeness (QED) is 0.764. The largest absolute Gasteiger partial charge is 0.481 e. The highest BCUT2D eigenvalue weighted by Crippen LogP contribution is 2.16. The number of carbonyl (C=O) groups is 1. The van der Waals surface area contributed by atoms with Gasteiger partial charge in [-0.25, -0.2) is 0 Å². The van der Waals surface area contributed by atoms with Gasteiger partial charge in [0.1, 0.15) is 0 Å². The number of carboxylic acid groups (broad SMARTS) is 1. The van der Waals surface area contributed by atoms with Crippen LogP contribution in [0.4, 0.5) is 0 Å². The van der Waals surface area contributed by atoms with Gasteiger partial charge in [-0.2, -0.15) is 0 Å². The molecular weight excluding hydrogens is 258 g/mol. The molecule has 0 atom stereocenters. The molecule has 0 bridgehead atoms. The molecule has 100 valence electrons. The Bertz CT molecular complexity index is 522. The van der Waals surface area contributed by atoms with Gasteiger partial charge < -0.3 is 10.4 Å². The van der Waals surface area contributed by atoms with Gasteiger partial charge in [0, 0.05) is 16.3 Å². The van der Waals surface area contributed by atoms with Gasteiger partial charge in [0.05, 0.1) is 6.42 Å². The molecule has 0 aliphatic rings. The van der Waals surface area contributed by atoms with Gasteiger partial charge in [-0.1, -0.05) is 30.3 Å². The third-order valence-corrected chi connectivity index (χ3v) is 3.86. The van der Waals surface area contributed by atoms with E-state index in [1.165, 1.54) is 10.4 Å². The van der Waals surface area contributed by atoms with Crippen molar-refractivity contribution in [2.45, 2.75) is 19.4 Å². The van der Waals surface area contributed by atoms with Gasteiger partial charge in [0.25, 0.3) is 0 Å². The minimum absolute atomic E-state index is 0.120. The van der Waals surface area contributed by atoms with Crippen LogP contribution in [0.25, 0.3) is 0 Å². The van der Waals surface area contributed by atoms with E-state index in [1.54, 1.807) is 11.3 Å². The summed E-state index contributed by atoms with van der Waals surface area (Å²) in [6.07, 6.45) is 1.13. The molecule has 2 N–H and O–H groups in total. The number of thiophene rings is 1. The Morgan fingerprint density at radius 3 is 2.58 bits per heavy atom. The number of hydrogen-bond acceptors (Lipinski definition) is 3. The van der Waals surface area contributed by atoms with Crippen LogP contribution in [0.2, 0.25) is 0 Å². The Balaban J connectivity index is 1.71. The Morgan fingerprint density at radius 2 is 1.84 bits per heavy atom. The molecule has 0 aliphatic carbocycles. The summed E-state index contributed by atoms with van der Waals surface area (Å²) in [7, 11) is 0. The molecule has 0 saturated heterocycles. The molecule has 0 radical (unpaired) electrons. The maximum atomic E-state index is 10.6. The normalized spacial score (nSPS) is 10.5. The zero-order valence-electron chi connectivity index (χ0n) is 10.6. The van der Waals surface area contributed by atoms with Crippen molar-refractivity contribution < 1.29 is 9.90 Å². The molecule has 1 heterocycles. The molecule has 0 fully saturated rings. The second-order valence-electron chi connectivity index (χ2n) is 4.35. The smallest absolute Gasteiger partial charge is 0.308 e. The van der Waals surface area contributed by atoms with Crippen LogP contribution >= 0.6 is 11.3 Å². The zero-order chi connectivity index (χ0) is 13.5. The molecule has 0 unspecified atom stereocenters. The number of aliphatic carboxylic acids is 1. The highest BCUT2D eigenvalue weighted by molar-refractivity contribution is 7.12. The van der Waals surface area contributed by atoms with E-state index in [0.717, 1.165) is 24.4 Å². The SMILES string of the molecule is O=C(O)Cc1ccc(CNCCc2ccccc2)s1. The van der Waals surface area contributed by atoms with Gasteiger partial charge in [-0.05, 0) is 30.7 Å². The number of nitrogens with one attached hydrogen (secondary N) is 1. The lowest BCUT2D eigenvalue weighted by Gasteiger charge is -2.03. The molecule has 0 spiro atoms. The van der Waals surface area contributed by atoms with Crippen LogP contribution < -0.4 is 5.32 Å². The molecule has 0 aliphatic heterocycles. The summed E-state index contributed by atoms with van der Waals surface area (Å²) in [6.45, 7) is 1.73. The van der Waals surface area contributed by atoms with E-state index in [-0.39, 0.29) is 6.42 Å². The van der Waals surface area contributed by atoms with E-state index in [2.05, 4.69) is 17.4 Å². The Hall–Kier alpha value is -1.65. The predicted molar refractivity (Wildman–Crippen MR) is 77.5 cm³/mol. The first-order valence-electron chi connectivity index (χ1n) is 6.28. The summed E-state index contributed by atoms with van der Waals surface area (Å²) in [6, 6.07) is 14.3. The molecule has 1 aromatic heterocycles. The average molecular weight is 275 g/mol. The third-order valence-electron chi connectivity index (χ3n) is 2.78. The van der Waals surface area contributed by atoms with E-state index in [1.807, 2.05) is 30.3 Å². The third kappa shape index (κ3) is 4.85. The number of carboxylic acids is 1. The summed E-state index contributed by atoms with van der Waals surface area (Å²) in [5, 5.41) is 12.1. The Morgan fingerprint density at radius 1 is 1.11 bits per heavy atom. The Kier molecular flexibility index (Phi) is 5.12. The lowest BCUT2D eigenvalue weighted by atomic mass is 10.1. The van der Waals surface area contributed by atoms with Crippen LogP contribution in [0.3, 0.4) is 0 Å². The molecule has 1 aromatic carbocycles. The van der Waals surface area contributed by atoms with Crippen LogP contribution in [0, 0.1) is 0 Å². The number of hydrogen-bond donors (Lipinski definition) is 2. The highest BCUT2D eigenvalue weighted by atomic mass is 32.1. The topological polar surface area (TPSA) is 49.3 Å². The minimum atomic E-state index is -0.773. The van der Waals surface area contributed by atoms with Crippen molar-refractivity contribution in [2.24, 2.45) is 0 Å². The van der Waals surface area contributed by atoms with Gasteiger partial charge in [0.15, 0.2) is 0 Å². The van der Waals surface area contributed by atoms with Crippen molar-refractivity contribution in [2.75, 3.05) is 6.54 Å². The molecule has 0 amide bonds. The summed E-state index contributed by atoms with van der Waals surface area (Å²) >= 11 is 1.56. The van der Waals surface area contributed by atoms with Crippen molar-refractivity contribution in [1.82, 2.24) is 5.32 Å². The fraction of sp³-hybridized carbons (Fsp3) is 0.267. The molecule has 3 nitrogen and oxygen atoms in total. The van der Waals surface area contributed by atoms with Crippen LogP contribution in [0.15, 0.2) is 42.5 Å². The standard InChI is InChI=1S/C15H17NO2S/c17-15(18)10-13-6-7-14(19-13)11-16-9-8-12-4-2-1-3-5-12/h1-7,16H,8-11H2,(H,17,18). The van der Waals surface area contributed by atoms with E-state index >= 15 is 0 Å². The fourth-order valence-corrected chi connectivity index (χ4v) is 2.83. The molecular formula is C15H17NO2S. The molecule has 2 rings (SSSR count). The summed E-state index contributed by atoms with van der Waals surface area (Å²) in [4.78, 5) is 12.7. The number of benzene rings is 1.